The number of hydrogen-bond acceptors (Lipinski definition) is 7. The van der Waals surface area contributed by atoms with Crippen LogP contribution in [-0.2, 0) is 4.79 Å². The van der Waals surface area contributed by atoms with Gasteiger partial charge in [0.25, 0.3) is 0 Å². The quantitative estimate of drug-likeness (QED) is 0.241. The first-order valence-corrected chi connectivity index (χ1v) is 11.5. The summed E-state index contributed by atoms with van der Waals surface area (Å²) in [4.78, 5) is 25.0. The lowest BCUT2D eigenvalue weighted by atomic mass is 10.1. The van der Waals surface area contributed by atoms with Crippen LogP contribution >= 0.6 is 11.6 Å². The number of halogens is 1. The fourth-order valence-electron chi connectivity index (χ4n) is 3.36. The van der Waals surface area contributed by atoms with Crippen LogP contribution in [0.3, 0.4) is 0 Å². The largest absolute Gasteiger partial charge is 0.496 e. The van der Waals surface area contributed by atoms with E-state index in [0.717, 1.165) is 0 Å². The molecule has 9 heteroatoms. The summed E-state index contributed by atoms with van der Waals surface area (Å²) in [5, 5.41) is 6.38. The normalized spacial score (nSPS) is 10.8. The first kappa shape index (κ1) is 27.2. The molecule has 3 rings (SSSR count). The second-order valence-corrected chi connectivity index (χ2v) is 7.97. The summed E-state index contributed by atoms with van der Waals surface area (Å²) < 4.78 is 21.4. The van der Waals surface area contributed by atoms with Crippen LogP contribution < -0.4 is 29.6 Å². The Morgan fingerprint density at radius 1 is 0.784 bits per heavy atom. The van der Waals surface area contributed by atoms with Crippen LogP contribution in [0.5, 0.6) is 23.0 Å². The molecule has 0 aliphatic rings. The average molecular weight is 523 g/mol. The van der Waals surface area contributed by atoms with E-state index >= 15 is 0 Å². The highest BCUT2D eigenvalue weighted by Crippen LogP contribution is 2.35. The smallest absolute Gasteiger partial charge is 0.248 e. The van der Waals surface area contributed by atoms with E-state index in [9.17, 15) is 9.59 Å². The van der Waals surface area contributed by atoms with Crippen molar-refractivity contribution in [2.45, 2.75) is 0 Å². The van der Waals surface area contributed by atoms with E-state index in [1.54, 1.807) is 67.8 Å². The van der Waals surface area contributed by atoms with Gasteiger partial charge in [0.2, 0.25) is 5.91 Å². The van der Waals surface area contributed by atoms with E-state index in [1.807, 2.05) is 0 Å². The fraction of sp³-hybridized carbons (Fsp3) is 0.143. The number of hydrogen-bond donors (Lipinski definition) is 2. The highest BCUT2D eigenvalue weighted by atomic mass is 35.5. The van der Waals surface area contributed by atoms with Crippen LogP contribution in [0.4, 0.5) is 11.4 Å². The van der Waals surface area contributed by atoms with Crippen molar-refractivity contribution in [2.24, 2.45) is 0 Å². The fourth-order valence-corrected chi connectivity index (χ4v) is 3.48. The Labute approximate surface area is 220 Å². The Morgan fingerprint density at radius 3 is 2.03 bits per heavy atom. The minimum Gasteiger partial charge on any atom is -0.496 e. The third-order valence-electron chi connectivity index (χ3n) is 5.22. The third-order valence-corrected chi connectivity index (χ3v) is 5.48. The molecule has 192 valence electrons. The Balaban J connectivity index is 1.72. The first-order valence-electron chi connectivity index (χ1n) is 11.1. The number of ether oxygens (including phenoxy) is 4. The summed E-state index contributed by atoms with van der Waals surface area (Å²) in [5.74, 6) is 1.53. The molecule has 0 aliphatic carbocycles. The molecular weight excluding hydrogens is 496 g/mol. The predicted molar refractivity (Wildman–Crippen MR) is 145 cm³/mol. The van der Waals surface area contributed by atoms with Gasteiger partial charge in [-0.1, -0.05) is 11.6 Å². The van der Waals surface area contributed by atoms with Gasteiger partial charge in [-0.2, -0.15) is 0 Å². The van der Waals surface area contributed by atoms with Crippen molar-refractivity contribution < 1.29 is 28.5 Å². The number of carbonyl (C=O) groups excluding carboxylic acids is 2. The zero-order valence-electron chi connectivity index (χ0n) is 20.8. The Morgan fingerprint density at radius 2 is 1.43 bits per heavy atom. The van der Waals surface area contributed by atoms with Gasteiger partial charge >= 0.3 is 0 Å². The molecule has 8 nitrogen and oxygen atoms in total. The second kappa shape index (κ2) is 13.0. The molecule has 3 aromatic carbocycles. The van der Waals surface area contributed by atoms with Gasteiger partial charge in [-0.3, -0.25) is 9.59 Å². The second-order valence-electron chi connectivity index (χ2n) is 7.53. The molecule has 0 saturated heterocycles. The maximum absolute atomic E-state index is 12.6. The molecule has 0 unspecified atom stereocenters. The molecule has 2 N–H and O–H groups in total. The standard InChI is InChI=1S/C28H27ClN2O6/c1-34-21-16-26(36-3)22(27(17-21)37-4)10-12-28(33)31-20-9-11-25(35-2)23(15-20)30-14-13-24(32)18-5-7-19(29)8-6-18/h5-17,30H,1-4H3,(H,31,33)/b12-10+,14-13-. The zero-order valence-corrected chi connectivity index (χ0v) is 21.6. The molecule has 0 atom stereocenters. The van der Waals surface area contributed by atoms with Gasteiger partial charge in [0.1, 0.15) is 23.0 Å². The predicted octanol–water partition coefficient (Wildman–Crippen LogP) is 5.83. The number of ketones is 1. The average Bonchev–Trinajstić information content (AvgIpc) is 2.91. The minimum atomic E-state index is -0.371. The van der Waals surface area contributed by atoms with Gasteiger partial charge in [0.15, 0.2) is 5.78 Å². The van der Waals surface area contributed by atoms with Gasteiger partial charge in [-0.25, -0.2) is 0 Å². The molecular formula is C28H27ClN2O6. The lowest BCUT2D eigenvalue weighted by Gasteiger charge is -2.13. The molecule has 0 radical (unpaired) electrons. The highest BCUT2D eigenvalue weighted by Gasteiger charge is 2.12. The number of carbonyl (C=O) groups is 2. The number of rotatable bonds is 11. The van der Waals surface area contributed by atoms with E-state index in [1.165, 1.54) is 39.7 Å². The number of benzene rings is 3. The van der Waals surface area contributed by atoms with Crippen LogP contribution in [0.2, 0.25) is 5.02 Å². The van der Waals surface area contributed by atoms with Gasteiger partial charge in [-0.15, -0.1) is 0 Å². The molecule has 3 aromatic rings. The Hall–Kier alpha value is -4.43. The molecule has 37 heavy (non-hydrogen) atoms. The van der Waals surface area contributed by atoms with Crippen LogP contribution in [0.15, 0.2) is 72.9 Å². The summed E-state index contributed by atoms with van der Waals surface area (Å²) in [6, 6.07) is 15.1. The van der Waals surface area contributed by atoms with Gasteiger partial charge in [-0.05, 0) is 48.5 Å². The molecule has 0 fully saturated rings. The highest BCUT2D eigenvalue weighted by molar-refractivity contribution is 6.30. The summed E-state index contributed by atoms with van der Waals surface area (Å²) in [6.07, 6.45) is 5.87. The molecule has 0 aliphatic heterocycles. The maximum Gasteiger partial charge on any atom is 0.248 e. The molecule has 1 amide bonds. The maximum atomic E-state index is 12.6. The minimum absolute atomic E-state index is 0.192. The van der Waals surface area contributed by atoms with E-state index in [0.29, 0.717) is 50.5 Å². The van der Waals surface area contributed by atoms with Crippen molar-refractivity contribution in [1.82, 2.24) is 0 Å². The van der Waals surface area contributed by atoms with Crippen molar-refractivity contribution in [1.29, 1.82) is 0 Å². The molecule has 0 spiro atoms. The third kappa shape index (κ3) is 7.28. The van der Waals surface area contributed by atoms with E-state index in [4.69, 9.17) is 30.5 Å². The first-order chi connectivity index (χ1) is 17.9. The molecule has 0 bridgehead atoms. The Kier molecular flexibility index (Phi) is 9.57. The van der Waals surface area contributed by atoms with Gasteiger partial charge < -0.3 is 29.6 Å². The van der Waals surface area contributed by atoms with Gasteiger partial charge in [0, 0.05) is 46.8 Å². The lowest BCUT2D eigenvalue weighted by Crippen LogP contribution is -2.08. The summed E-state index contributed by atoms with van der Waals surface area (Å²) in [7, 11) is 6.12. The van der Waals surface area contributed by atoms with E-state index in [-0.39, 0.29) is 11.7 Å². The van der Waals surface area contributed by atoms with Crippen molar-refractivity contribution >= 4 is 40.7 Å². The molecule has 0 heterocycles. The van der Waals surface area contributed by atoms with Crippen LogP contribution in [-0.4, -0.2) is 40.1 Å². The number of amides is 1. The van der Waals surface area contributed by atoms with Crippen molar-refractivity contribution in [3.8, 4) is 23.0 Å². The van der Waals surface area contributed by atoms with E-state index in [2.05, 4.69) is 10.6 Å². The topological polar surface area (TPSA) is 95.1 Å². The lowest BCUT2D eigenvalue weighted by molar-refractivity contribution is -0.111. The van der Waals surface area contributed by atoms with Gasteiger partial charge in [0.05, 0.1) is 39.7 Å². The van der Waals surface area contributed by atoms with Crippen LogP contribution in [0.25, 0.3) is 6.08 Å². The molecule has 0 aromatic heterocycles. The number of allylic oxidation sites excluding steroid dienone is 1. The monoisotopic (exact) mass is 522 g/mol. The summed E-state index contributed by atoms with van der Waals surface area (Å²) in [5.41, 5.74) is 2.17. The summed E-state index contributed by atoms with van der Waals surface area (Å²) in [6.45, 7) is 0. The zero-order chi connectivity index (χ0) is 26.8. The summed E-state index contributed by atoms with van der Waals surface area (Å²) >= 11 is 5.87. The van der Waals surface area contributed by atoms with Crippen molar-refractivity contribution in [3.63, 3.8) is 0 Å². The SMILES string of the molecule is COc1cc(OC)c(/C=C/C(=O)Nc2ccc(OC)c(N/C=C\C(=O)c3ccc(Cl)cc3)c2)c(OC)c1. The van der Waals surface area contributed by atoms with Crippen molar-refractivity contribution in [2.75, 3.05) is 39.1 Å². The Bertz CT molecular complexity index is 1290. The van der Waals surface area contributed by atoms with Crippen LogP contribution in [0, 0.1) is 0 Å². The number of nitrogens with one attached hydrogen (secondary N) is 2. The number of anilines is 2. The number of methoxy groups -OCH3 is 4. The molecule has 0 saturated carbocycles. The van der Waals surface area contributed by atoms with Crippen molar-refractivity contribution in [3.05, 3.63) is 89.1 Å². The van der Waals surface area contributed by atoms with Crippen LogP contribution in [0.1, 0.15) is 15.9 Å². The van der Waals surface area contributed by atoms with E-state index < -0.39 is 0 Å².